The molecule has 1 heterocycles. The molecule has 2 rings (SSSR count). The van der Waals surface area contributed by atoms with Crippen molar-refractivity contribution in [1.29, 1.82) is 0 Å². The number of nitrogens with zero attached hydrogens (tertiary/aromatic N) is 2. The molecule has 0 saturated heterocycles. The molecular formula is C14H20N4O. The lowest BCUT2D eigenvalue weighted by Gasteiger charge is -2.19. The first-order valence-corrected chi connectivity index (χ1v) is 6.50. The third kappa shape index (κ3) is 3.87. The fraction of sp³-hybridized carbons (Fsp3) is 0.429. The molecular weight excluding hydrogens is 240 g/mol. The fourth-order valence-corrected chi connectivity index (χ4v) is 2.05. The van der Waals surface area contributed by atoms with E-state index in [4.69, 9.17) is 10.5 Å². The van der Waals surface area contributed by atoms with Crippen LogP contribution in [0.4, 0.5) is 5.69 Å². The van der Waals surface area contributed by atoms with Crippen LogP contribution >= 0.6 is 0 Å². The van der Waals surface area contributed by atoms with E-state index in [2.05, 4.69) is 15.3 Å². The van der Waals surface area contributed by atoms with E-state index in [9.17, 15) is 0 Å². The van der Waals surface area contributed by atoms with E-state index < -0.39 is 0 Å². The molecule has 0 fully saturated rings. The Labute approximate surface area is 113 Å². The van der Waals surface area contributed by atoms with Gasteiger partial charge in [0.25, 0.3) is 0 Å². The lowest BCUT2D eigenvalue weighted by atomic mass is 10.1. The van der Waals surface area contributed by atoms with Crippen molar-refractivity contribution in [1.82, 2.24) is 9.97 Å². The average molecular weight is 260 g/mol. The summed E-state index contributed by atoms with van der Waals surface area (Å²) in [4.78, 5) is 8.56. The maximum atomic E-state index is 5.55. The third-order valence-corrected chi connectivity index (χ3v) is 2.96. The molecule has 1 aromatic heterocycles. The maximum absolute atomic E-state index is 5.55. The molecule has 3 N–H and O–H groups in total. The van der Waals surface area contributed by atoms with Crippen LogP contribution in [0.2, 0.25) is 0 Å². The van der Waals surface area contributed by atoms with E-state index in [-0.39, 0.29) is 6.04 Å². The number of hydrogen-bond acceptors (Lipinski definition) is 5. The summed E-state index contributed by atoms with van der Waals surface area (Å²) in [7, 11) is 1.71. The van der Waals surface area contributed by atoms with E-state index >= 15 is 0 Å². The van der Waals surface area contributed by atoms with Crippen LogP contribution in [0.5, 0.6) is 0 Å². The van der Waals surface area contributed by atoms with Crippen molar-refractivity contribution in [3.05, 3.63) is 30.6 Å². The molecule has 0 aliphatic rings. The fourth-order valence-electron chi connectivity index (χ4n) is 2.05. The van der Waals surface area contributed by atoms with Crippen molar-refractivity contribution in [3.8, 4) is 0 Å². The van der Waals surface area contributed by atoms with Crippen molar-refractivity contribution in [2.45, 2.75) is 18.9 Å². The molecule has 0 aliphatic heterocycles. The van der Waals surface area contributed by atoms with Crippen molar-refractivity contribution in [2.75, 3.05) is 25.6 Å². The van der Waals surface area contributed by atoms with E-state index in [1.165, 1.54) is 0 Å². The Morgan fingerprint density at radius 1 is 1.26 bits per heavy atom. The second-order valence-electron chi connectivity index (χ2n) is 4.49. The lowest BCUT2D eigenvalue weighted by Crippen LogP contribution is -2.25. The van der Waals surface area contributed by atoms with E-state index in [0.717, 1.165) is 29.6 Å². The number of benzene rings is 1. The largest absolute Gasteiger partial charge is 0.383 e. The van der Waals surface area contributed by atoms with Gasteiger partial charge < -0.3 is 15.8 Å². The topological polar surface area (TPSA) is 73.1 Å². The quantitative estimate of drug-likeness (QED) is 0.794. The minimum atomic E-state index is 0.266. The number of hydrogen-bond donors (Lipinski definition) is 2. The minimum absolute atomic E-state index is 0.266. The Kier molecular flexibility index (Phi) is 5.06. The van der Waals surface area contributed by atoms with Crippen LogP contribution in [-0.2, 0) is 4.74 Å². The van der Waals surface area contributed by atoms with Gasteiger partial charge in [-0.2, -0.15) is 0 Å². The highest BCUT2D eigenvalue weighted by Gasteiger charge is 2.08. The predicted molar refractivity (Wildman–Crippen MR) is 77.1 cm³/mol. The summed E-state index contributed by atoms with van der Waals surface area (Å²) in [5.41, 5.74) is 8.38. The van der Waals surface area contributed by atoms with Crippen molar-refractivity contribution < 1.29 is 4.74 Å². The Hall–Kier alpha value is -1.72. The highest BCUT2D eigenvalue weighted by Crippen LogP contribution is 2.17. The lowest BCUT2D eigenvalue weighted by molar-refractivity contribution is 0.182. The smallest absolute Gasteiger partial charge is 0.0907 e. The van der Waals surface area contributed by atoms with Crippen molar-refractivity contribution in [2.24, 2.45) is 5.73 Å². The number of rotatable bonds is 7. The van der Waals surface area contributed by atoms with Gasteiger partial charge in [0.05, 0.1) is 17.6 Å². The Bertz CT molecular complexity index is 518. The van der Waals surface area contributed by atoms with Gasteiger partial charge in [-0.15, -0.1) is 0 Å². The second kappa shape index (κ2) is 7.01. The SMILES string of the molecule is COCC(CCCN)Nc1ccc2nccnc2c1. The van der Waals surface area contributed by atoms with Crippen molar-refractivity contribution >= 4 is 16.7 Å². The zero-order chi connectivity index (χ0) is 13.5. The molecule has 2 aromatic rings. The highest BCUT2D eigenvalue weighted by atomic mass is 16.5. The summed E-state index contributed by atoms with van der Waals surface area (Å²) in [5, 5.41) is 3.46. The standard InChI is InChI=1S/C14H20N4O/c1-19-10-12(3-2-6-15)18-11-4-5-13-14(9-11)17-8-7-16-13/h4-5,7-9,12,18H,2-3,6,10,15H2,1H3. The van der Waals surface area contributed by atoms with Crippen LogP contribution in [0.3, 0.4) is 0 Å². The number of anilines is 1. The van der Waals surface area contributed by atoms with E-state index in [1.54, 1.807) is 19.5 Å². The first kappa shape index (κ1) is 13.7. The van der Waals surface area contributed by atoms with Crippen LogP contribution in [0, 0.1) is 0 Å². The van der Waals surface area contributed by atoms with Crippen LogP contribution in [0.1, 0.15) is 12.8 Å². The number of aromatic nitrogens is 2. The summed E-state index contributed by atoms with van der Waals surface area (Å²) in [6, 6.07) is 6.26. The third-order valence-electron chi connectivity index (χ3n) is 2.96. The number of nitrogens with one attached hydrogen (secondary N) is 1. The van der Waals surface area contributed by atoms with Gasteiger partial charge in [0.2, 0.25) is 0 Å². The minimum Gasteiger partial charge on any atom is -0.383 e. The zero-order valence-corrected chi connectivity index (χ0v) is 11.2. The molecule has 0 amide bonds. The normalized spacial score (nSPS) is 12.5. The van der Waals surface area contributed by atoms with Gasteiger partial charge in [0.15, 0.2) is 0 Å². The van der Waals surface area contributed by atoms with E-state index in [0.29, 0.717) is 13.2 Å². The van der Waals surface area contributed by atoms with Gasteiger partial charge in [-0.1, -0.05) is 0 Å². The predicted octanol–water partition coefficient (Wildman–Crippen LogP) is 1.80. The molecule has 0 radical (unpaired) electrons. The Morgan fingerprint density at radius 3 is 2.79 bits per heavy atom. The maximum Gasteiger partial charge on any atom is 0.0907 e. The van der Waals surface area contributed by atoms with Crippen LogP contribution in [0.25, 0.3) is 11.0 Å². The molecule has 1 atom stereocenters. The van der Waals surface area contributed by atoms with Gasteiger partial charge in [-0.3, -0.25) is 9.97 Å². The molecule has 1 aromatic carbocycles. The first-order valence-electron chi connectivity index (χ1n) is 6.50. The summed E-state index contributed by atoms with van der Waals surface area (Å²) in [5.74, 6) is 0. The zero-order valence-electron chi connectivity index (χ0n) is 11.2. The van der Waals surface area contributed by atoms with Crippen LogP contribution in [-0.4, -0.2) is 36.3 Å². The number of methoxy groups -OCH3 is 1. The molecule has 102 valence electrons. The molecule has 0 aliphatic carbocycles. The van der Waals surface area contributed by atoms with Crippen molar-refractivity contribution in [3.63, 3.8) is 0 Å². The average Bonchev–Trinajstić information content (AvgIpc) is 2.45. The summed E-state index contributed by atoms with van der Waals surface area (Å²) in [6.07, 6.45) is 5.37. The van der Waals surface area contributed by atoms with Gasteiger partial charge in [-0.25, -0.2) is 0 Å². The van der Waals surface area contributed by atoms with E-state index in [1.807, 2.05) is 18.2 Å². The number of nitrogens with two attached hydrogens (primary N) is 1. The summed E-state index contributed by atoms with van der Waals surface area (Å²) in [6.45, 7) is 1.36. The molecule has 19 heavy (non-hydrogen) atoms. The molecule has 0 spiro atoms. The summed E-state index contributed by atoms with van der Waals surface area (Å²) >= 11 is 0. The molecule has 1 unspecified atom stereocenters. The van der Waals surface area contributed by atoms with Gasteiger partial charge in [0, 0.05) is 31.2 Å². The van der Waals surface area contributed by atoms with Crippen LogP contribution in [0.15, 0.2) is 30.6 Å². The Balaban J connectivity index is 2.09. The van der Waals surface area contributed by atoms with Gasteiger partial charge in [0.1, 0.15) is 0 Å². The molecule has 5 heteroatoms. The molecule has 5 nitrogen and oxygen atoms in total. The number of ether oxygens (including phenoxy) is 1. The highest BCUT2D eigenvalue weighted by molar-refractivity contribution is 5.78. The first-order chi connectivity index (χ1) is 9.33. The van der Waals surface area contributed by atoms with Crippen LogP contribution < -0.4 is 11.1 Å². The summed E-state index contributed by atoms with van der Waals surface area (Å²) < 4.78 is 5.23. The van der Waals surface area contributed by atoms with Gasteiger partial charge >= 0.3 is 0 Å². The number of fused-ring (bicyclic) bond motifs is 1. The Morgan fingerprint density at radius 2 is 2.05 bits per heavy atom. The molecule has 0 saturated carbocycles. The monoisotopic (exact) mass is 260 g/mol. The van der Waals surface area contributed by atoms with Gasteiger partial charge in [-0.05, 0) is 37.6 Å². The second-order valence-corrected chi connectivity index (χ2v) is 4.49. The molecule has 0 bridgehead atoms.